The minimum atomic E-state index is 0.492. The molecule has 0 bridgehead atoms. The first-order valence-electron chi connectivity index (χ1n) is 7.37. The van der Waals surface area contributed by atoms with Crippen molar-refractivity contribution >= 4 is 0 Å². The molecule has 3 heteroatoms. The second-order valence-electron chi connectivity index (χ2n) is 5.17. The molecule has 1 aromatic carbocycles. The first kappa shape index (κ1) is 16.6. The van der Waals surface area contributed by atoms with Crippen molar-refractivity contribution in [1.82, 2.24) is 5.32 Å². The summed E-state index contributed by atoms with van der Waals surface area (Å²) in [5.74, 6) is 2.31. The van der Waals surface area contributed by atoms with E-state index in [0.29, 0.717) is 13.2 Å². The van der Waals surface area contributed by atoms with Gasteiger partial charge in [-0.3, -0.25) is 0 Å². The van der Waals surface area contributed by atoms with Gasteiger partial charge in [0.1, 0.15) is 6.61 Å². The molecule has 0 unspecified atom stereocenters. The van der Waals surface area contributed by atoms with E-state index in [1.54, 1.807) is 6.08 Å². The van der Waals surface area contributed by atoms with Crippen LogP contribution in [0.5, 0.6) is 11.5 Å². The zero-order valence-electron chi connectivity index (χ0n) is 12.9. The molecule has 112 valence electrons. The molecule has 0 saturated heterocycles. The van der Waals surface area contributed by atoms with Crippen LogP contribution in [0.25, 0.3) is 0 Å². The van der Waals surface area contributed by atoms with Crippen LogP contribution in [-0.2, 0) is 6.54 Å². The number of hydrogen-bond acceptors (Lipinski definition) is 3. The van der Waals surface area contributed by atoms with Crippen molar-refractivity contribution in [2.75, 3.05) is 19.8 Å². The summed E-state index contributed by atoms with van der Waals surface area (Å²) in [6.07, 6.45) is 2.93. The van der Waals surface area contributed by atoms with Crippen LogP contribution in [0, 0.1) is 5.92 Å². The summed E-state index contributed by atoms with van der Waals surface area (Å²) in [4.78, 5) is 0. The molecule has 1 aromatic rings. The van der Waals surface area contributed by atoms with Gasteiger partial charge in [-0.05, 0) is 43.5 Å². The third-order valence-corrected chi connectivity index (χ3v) is 2.89. The largest absolute Gasteiger partial charge is 0.490 e. The van der Waals surface area contributed by atoms with Crippen LogP contribution < -0.4 is 14.8 Å². The highest BCUT2D eigenvalue weighted by molar-refractivity contribution is 5.43. The zero-order valence-corrected chi connectivity index (χ0v) is 12.9. The molecule has 0 aliphatic carbocycles. The molecule has 1 N–H and O–H groups in total. The van der Waals surface area contributed by atoms with Gasteiger partial charge in [-0.2, -0.15) is 0 Å². The Labute approximate surface area is 123 Å². The molecule has 0 saturated carbocycles. The molecular formula is C17H27NO2. The molecule has 0 aromatic heterocycles. The van der Waals surface area contributed by atoms with E-state index in [0.717, 1.165) is 30.5 Å². The molecule has 0 fully saturated rings. The van der Waals surface area contributed by atoms with Crippen LogP contribution in [0.1, 0.15) is 32.8 Å². The lowest BCUT2D eigenvalue weighted by Crippen LogP contribution is -2.16. The summed E-state index contributed by atoms with van der Waals surface area (Å²) < 4.78 is 11.2. The summed E-state index contributed by atoms with van der Waals surface area (Å²) in [5.41, 5.74) is 1.21. The van der Waals surface area contributed by atoms with E-state index in [1.165, 1.54) is 12.0 Å². The Morgan fingerprint density at radius 3 is 2.70 bits per heavy atom. The monoisotopic (exact) mass is 277 g/mol. The predicted molar refractivity (Wildman–Crippen MR) is 84.5 cm³/mol. The first-order chi connectivity index (χ1) is 9.67. The van der Waals surface area contributed by atoms with E-state index in [-0.39, 0.29) is 0 Å². The quantitative estimate of drug-likeness (QED) is 0.521. The molecule has 0 heterocycles. The Bertz CT molecular complexity index is 402. The van der Waals surface area contributed by atoms with Gasteiger partial charge in [-0.1, -0.05) is 32.6 Å². The lowest BCUT2D eigenvalue weighted by atomic mass is 10.1. The second kappa shape index (κ2) is 9.43. The number of nitrogens with one attached hydrogen (secondary N) is 1. The first-order valence-corrected chi connectivity index (χ1v) is 7.37. The van der Waals surface area contributed by atoms with Crippen LogP contribution in [0.4, 0.5) is 0 Å². The minimum Gasteiger partial charge on any atom is -0.490 e. The highest BCUT2D eigenvalue weighted by Gasteiger charge is 2.06. The van der Waals surface area contributed by atoms with Gasteiger partial charge in [-0.25, -0.2) is 0 Å². The van der Waals surface area contributed by atoms with E-state index < -0.39 is 0 Å². The molecule has 0 radical (unpaired) electrons. The Hall–Kier alpha value is -1.48. The molecule has 0 aliphatic heterocycles. The van der Waals surface area contributed by atoms with Crippen LogP contribution >= 0.6 is 0 Å². The van der Waals surface area contributed by atoms with Gasteiger partial charge in [0, 0.05) is 6.54 Å². The molecule has 0 spiro atoms. The second-order valence-corrected chi connectivity index (χ2v) is 5.17. The maximum Gasteiger partial charge on any atom is 0.161 e. The van der Waals surface area contributed by atoms with E-state index >= 15 is 0 Å². The number of rotatable bonds is 10. The standard InChI is InChI=1S/C17H27NO2/c1-5-11-20-16-8-7-15(12-17(16)19-6-2)13-18-10-9-14(3)4/h5,7-8,12,14,18H,1,6,9-11,13H2,2-4H3. The number of benzene rings is 1. The fourth-order valence-electron chi connectivity index (χ4n) is 1.82. The van der Waals surface area contributed by atoms with Crippen LogP contribution in [0.3, 0.4) is 0 Å². The molecular weight excluding hydrogens is 250 g/mol. The SMILES string of the molecule is C=CCOc1ccc(CNCCC(C)C)cc1OCC. The number of ether oxygens (including phenoxy) is 2. The Kier molecular flexibility index (Phi) is 7.81. The molecule has 0 aliphatic rings. The maximum absolute atomic E-state index is 5.63. The fraction of sp³-hybridized carbons (Fsp3) is 0.529. The van der Waals surface area contributed by atoms with Crippen LogP contribution in [0.2, 0.25) is 0 Å². The summed E-state index contributed by atoms with van der Waals surface area (Å²) in [5, 5.41) is 3.45. The van der Waals surface area contributed by atoms with Crippen molar-refractivity contribution in [2.24, 2.45) is 5.92 Å². The Morgan fingerprint density at radius 1 is 1.25 bits per heavy atom. The molecule has 1 rings (SSSR count). The van der Waals surface area contributed by atoms with E-state index in [9.17, 15) is 0 Å². The van der Waals surface area contributed by atoms with Crippen molar-refractivity contribution in [1.29, 1.82) is 0 Å². The molecule has 3 nitrogen and oxygen atoms in total. The van der Waals surface area contributed by atoms with Crippen molar-refractivity contribution in [3.05, 3.63) is 36.4 Å². The summed E-state index contributed by atoms with van der Waals surface area (Å²) in [6, 6.07) is 6.08. The lowest BCUT2D eigenvalue weighted by Gasteiger charge is -2.13. The van der Waals surface area contributed by atoms with Gasteiger partial charge in [0.2, 0.25) is 0 Å². The van der Waals surface area contributed by atoms with Gasteiger partial charge in [0.15, 0.2) is 11.5 Å². The van der Waals surface area contributed by atoms with Crippen molar-refractivity contribution in [3.63, 3.8) is 0 Å². The highest BCUT2D eigenvalue weighted by Crippen LogP contribution is 2.28. The molecule has 0 atom stereocenters. The van der Waals surface area contributed by atoms with Gasteiger partial charge in [0.05, 0.1) is 6.61 Å². The van der Waals surface area contributed by atoms with Crippen molar-refractivity contribution < 1.29 is 9.47 Å². The lowest BCUT2D eigenvalue weighted by molar-refractivity contribution is 0.296. The van der Waals surface area contributed by atoms with Gasteiger partial charge in [0.25, 0.3) is 0 Å². The van der Waals surface area contributed by atoms with Crippen LogP contribution in [-0.4, -0.2) is 19.8 Å². The summed E-state index contributed by atoms with van der Waals surface area (Å²) >= 11 is 0. The minimum absolute atomic E-state index is 0.492. The van der Waals surface area contributed by atoms with Crippen LogP contribution in [0.15, 0.2) is 30.9 Å². The molecule has 20 heavy (non-hydrogen) atoms. The van der Waals surface area contributed by atoms with Gasteiger partial charge >= 0.3 is 0 Å². The number of hydrogen-bond donors (Lipinski definition) is 1. The average Bonchev–Trinajstić information content (AvgIpc) is 2.43. The third-order valence-electron chi connectivity index (χ3n) is 2.89. The topological polar surface area (TPSA) is 30.5 Å². The van der Waals surface area contributed by atoms with Gasteiger partial charge < -0.3 is 14.8 Å². The van der Waals surface area contributed by atoms with Gasteiger partial charge in [-0.15, -0.1) is 0 Å². The van der Waals surface area contributed by atoms with E-state index in [1.807, 2.05) is 19.1 Å². The van der Waals surface area contributed by atoms with Crippen molar-refractivity contribution in [2.45, 2.75) is 33.7 Å². The Morgan fingerprint density at radius 2 is 2.05 bits per heavy atom. The van der Waals surface area contributed by atoms with Crippen molar-refractivity contribution in [3.8, 4) is 11.5 Å². The zero-order chi connectivity index (χ0) is 14.8. The van der Waals surface area contributed by atoms with E-state index in [2.05, 4.69) is 31.8 Å². The highest BCUT2D eigenvalue weighted by atomic mass is 16.5. The third kappa shape index (κ3) is 6.11. The Balaban J connectivity index is 2.59. The maximum atomic E-state index is 5.63. The fourth-order valence-corrected chi connectivity index (χ4v) is 1.82. The molecule has 0 amide bonds. The normalized spacial score (nSPS) is 10.6. The smallest absolute Gasteiger partial charge is 0.161 e. The summed E-state index contributed by atoms with van der Waals surface area (Å²) in [7, 11) is 0. The van der Waals surface area contributed by atoms with E-state index in [4.69, 9.17) is 9.47 Å². The average molecular weight is 277 g/mol. The summed E-state index contributed by atoms with van der Waals surface area (Å²) in [6.45, 7) is 13.1. The predicted octanol–water partition coefficient (Wildman–Crippen LogP) is 3.79.